The van der Waals surface area contributed by atoms with Gasteiger partial charge in [0.05, 0.1) is 11.4 Å². The lowest BCUT2D eigenvalue weighted by atomic mass is 9.98. The fraction of sp³-hybridized carbons (Fsp3) is 0. The average Bonchev–Trinajstić information content (AvgIpc) is 3.02. The lowest BCUT2D eigenvalue weighted by Gasteiger charge is -2.11. The molecule has 0 radical (unpaired) electrons. The maximum Gasteiger partial charge on any atom is 0.198 e. The number of hydrogen-bond donors (Lipinski definition) is 0. The van der Waals surface area contributed by atoms with Crippen LogP contribution in [0.15, 0.2) is 134 Å². The van der Waals surface area contributed by atoms with Gasteiger partial charge < -0.3 is 0 Å². The van der Waals surface area contributed by atoms with Crippen LogP contribution in [0.5, 0.6) is 0 Å². The quantitative estimate of drug-likeness (QED) is 0.223. The van der Waals surface area contributed by atoms with Gasteiger partial charge in [0, 0.05) is 23.5 Å². The highest BCUT2D eigenvalue weighted by Crippen LogP contribution is 2.32. The Labute approximate surface area is 230 Å². The Morgan fingerprint density at radius 1 is 0.325 bits per heavy atom. The van der Waals surface area contributed by atoms with E-state index in [-0.39, 0.29) is 0 Å². The molecule has 0 unspecified atom stereocenters. The van der Waals surface area contributed by atoms with Gasteiger partial charge in [-0.2, -0.15) is 0 Å². The maximum absolute atomic E-state index is 4.94. The molecule has 4 heteroatoms. The van der Waals surface area contributed by atoms with E-state index in [1.807, 2.05) is 0 Å². The zero-order valence-electron chi connectivity index (χ0n) is 21.5. The Balaban J connectivity index is 1.31. The van der Waals surface area contributed by atoms with Crippen molar-refractivity contribution < 1.29 is 0 Å². The monoisotopic (exact) mass is 510 g/mol. The lowest BCUT2D eigenvalue weighted by molar-refractivity contribution is 1.08. The third-order valence-electron chi connectivity index (χ3n) is 7.49. The molecule has 0 bridgehead atoms. The third kappa shape index (κ3) is 3.94. The van der Waals surface area contributed by atoms with Gasteiger partial charge in [-0.25, -0.2) is 19.9 Å². The fourth-order valence-corrected chi connectivity index (χ4v) is 5.46. The fourth-order valence-electron chi connectivity index (χ4n) is 5.46. The predicted molar refractivity (Wildman–Crippen MR) is 164 cm³/mol. The molecule has 0 aliphatic rings. The molecule has 0 amide bonds. The Morgan fingerprint density at radius 3 is 1.23 bits per heavy atom. The van der Waals surface area contributed by atoms with Crippen LogP contribution in [-0.4, -0.2) is 19.9 Å². The van der Waals surface area contributed by atoms with Crippen molar-refractivity contribution >= 4 is 43.1 Å². The third-order valence-corrected chi connectivity index (χ3v) is 7.49. The first-order valence-electron chi connectivity index (χ1n) is 13.3. The van der Waals surface area contributed by atoms with Crippen LogP contribution in [0.1, 0.15) is 0 Å². The highest BCUT2D eigenvalue weighted by Gasteiger charge is 2.13. The minimum absolute atomic E-state index is 0.504. The van der Waals surface area contributed by atoms with Gasteiger partial charge >= 0.3 is 0 Å². The van der Waals surface area contributed by atoms with Crippen LogP contribution in [0.3, 0.4) is 0 Å². The molecule has 0 aliphatic carbocycles. The van der Waals surface area contributed by atoms with Crippen molar-refractivity contribution in [1.29, 1.82) is 0 Å². The van der Waals surface area contributed by atoms with Gasteiger partial charge in [-0.05, 0) is 91.6 Å². The van der Waals surface area contributed by atoms with E-state index in [1.165, 1.54) is 43.1 Å². The second-order valence-corrected chi connectivity index (χ2v) is 10.1. The highest BCUT2D eigenvalue weighted by atomic mass is 15.0. The molecule has 0 atom stereocenters. The second-order valence-electron chi connectivity index (χ2n) is 10.1. The van der Waals surface area contributed by atoms with Crippen molar-refractivity contribution in [2.75, 3.05) is 0 Å². The molecular weight excluding hydrogens is 488 g/mol. The van der Waals surface area contributed by atoms with Crippen molar-refractivity contribution in [1.82, 2.24) is 19.9 Å². The molecule has 40 heavy (non-hydrogen) atoms. The van der Waals surface area contributed by atoms with E-state index in [2.05, 4.69) is 125 Å². The zero-order valence-corrected chi connectivity index (χ0v) is 21.5. The summed E-state index contributed by atoms with van der Waals surface area (Å²) in [6.45, 7) is 0. The molecule has 0 saturated heterocycles. The summed E-state index contributed by atoms with van der Waals surface area (Å²) in [6, 6.07) is 42.7. The normalized spacial score (nSPS) is 11.5. The van der Waals surface area contributed by atoms with Crippen molar-refractivity contribution in [2.45, 2.75) is 0 Å². The first kappa shape index (κ1) is 22.5. The summed E-state index contributed by atoms with van der Waals surface area (Å²) in [4.78, 5) is 18.8. The second kappa shape index (κ2) is 9.07. The summed E-state index contributed by atoms with van der Waals surface area (Å²) in [7, 11) is 0. The highest BCUT2D eigenvalue weighted by molar-refractivity contribution is 6.01. The molecule has 8 rings (SSSR count). The molecule has 0 fully saturated rings. The van der Waals surface area contributed by atoms with Crippen LogP contribution in [0, 0.1) is 0 Å². The standard InChI is InChI=1S/C36H22N4/c1-3-8-25-18-31-20-29(12-10-27(31)16-23(25)6-1)33-22-34(40-36(39-33)35-37-14-5-15-38-35)30-13-11-28-17-24-7-2-4-9-26(24)19-32(28)21-30/h1-22H. The number of hydrogen-bond acceptors (Lipinski definition) is 4. The lowest BCUT2D eigenvalue weighted by Crippen LogP contribution is -1.98. The minimum atomic E-state index is 0.504. The molecule has 2 heterocycles. The first-order chi connectivity index (χ1) is 19.8. The van der Waals surface area contributed by atoms with Crippen LogP contribution >= 0.6 is 0 Å². The Kier molecular flexibility index (Phi) is 5.10. The molecule has 0 saturated carbocycles. The van der Waals surface area contributed by atoms with E-state index >= 15 is 0 Å². The Bertz CT molecular complexity index is 2080. The zero-order chi connectivity index (χ0) is 26.5. The summed E-state index contributed by atoms with van der Waals surface area (Å²) < 4.78 is 0. The van der Waals surface area contributed by atoms with E-state index in [4.69, 9.17) is 9.97 Å². The summed E-state index contributed by atoms with van der Waals surface area (Å²) in [6.07, 6.45) is 3.45. The molecule has 0 aliphatic heterocycles. The SMILES string of the molecule is c1cnc(-c2nc(-c3ccc4cc5ccccc5cc4c3)cc(-c3ccc4cc5ccccc5cc4c3)n2)nc1. The molecule has 6 aromatic carbocycles. The van der Waals surface area contributed by atoms with Crippen LogP contribution in [0.2, 0.25) is 0 Å². The van der Waals surface area contributed by atoms with E-state index in [9.17, 15) is 0 Å². The van der Waals surface area contributed by atoms with E-state index < -0.39 is 0 Å². The summed E-state index contributed by atoms with van der Waals surface area (Å²) in [5.74, 6) is 1.01. The van der Waals surface area contributed by atoms with Crippen molar-refractivity contribution in [3.8, 4) is 34.2 Å². The van der Waals surface area contributed by atoms with E-state index in [0.717, 1.165) is 22.5 Å². The molecule has 0 N–H and O–H groups in total. The Hall–Kier alpha value is -5.48. The van der Waals surface area contributed by atoms with Gasteiger partial charge in [0.25, 0.3) is 0 Å². The average molecular weight is 511 g/mol. The number of nitrogens with zero attached hydrogens (tertiary/aromatic N) is 4. The number of fused-ring (bicyclic) bond motifs is 4. The number of rotatable bonds is 3. The van der Waals surface area contributed by atoms with Crippen LogP contribution < -0.4 is 0 Å². The van der Waals surface area contributed by atoms with Crippen molar-refractivity contribution in [3.63, 3.8) is 0 Å². The van der Waals surface area contributed by atoms with E-state index in [1.54, 1.807) is 18.5 Å². The molecule has 4 nitrogen and oxygen atoms in total. The largest absolute Gasteiger partial charge is 0.234 e. The predicted octanol–water partition coefficient (Wildman–Crippen LogP) is 8.88. The van der Waals surface area contributed by atoms with Gasteiger partial charge in [-0.3, -0.25) is 0 Å². The van der Waals surface area contributed by atoms with E-state index in [0.29, 0.717) is 11.6 Å². The van der Waals surface area contributed by atoms with Crippen LogP contribution in [-0.2, 0) is 0 Å². The van der Waals surface area contributed by atoms with Crippen LogP contribution in [0.4, 0.5) is 0 Å². The summed E-state index contributed by atoms with van der Waals surface area (Å²) in [5, 5.41) is 9.66. The summed E-state index contributed by atoms with van der Waals surface area (Å²) >= 11 is 0. The van der Waals surface area contributed by atoms with Gasteiger partial charge in [0.2, 0.25) is 0 Å². The summed E-state index contributed by atoms with van der Waals surface area (Å²) in [5.41, 5.74) is 3.72. The minimum Gasteiger partial charge on any atom is -0.234 e. The molecule has 8 aromatic rings. The molecule has 2 aromatic heterocycles. The van der Waals surface area contributed by atoms with Gasteiger partial charge in [0.1, 0.15) is 0 Å². The van der Waals surface area contributed by atoms with Crippen LogP contribution in [0.25, 0.3) is 77.3 Å². The smallest absolute Gasteiger partial charge is 0.198 e. The number of aromatic nitrogens is 4. The van der Waals surface area contributed by atoms with Gasteiger partial charge in [-0.1, -0.05) is 72.8 Å². The number of benzene rings is 6. The topological polar surface area (TPSA) is 51.6 Å². The molecular formula is C36H22N4. The van der Waals surface area contributed by atoms with Crippen molar-refractivity contribution in [3.05, 3.63) is 134 Å². The molecule has 0 spiro atoms. The maximum atomic E-state index is 4.94. The van der Waals surface area contributed by atoms with Gasteiger partial charge in [0.15, 0.2) is 11.6 Å². The molecule has 186 valence electrons. The van der Waals surface area contributed by atoms with Gasteiger partial charge in [-0.15, -0.1) is 0 Å². The Morgan fingerprint density at radius 2 is 0.750 bits per heavy atom. The van der Waals surface area contributed by atoms with Crippen molar-refractivity contribution in [2.24, 2.45) is 0 Å². The first-order valence-corrected chi connectivity index (χ1v) is 13.3.